The van der Waals surface area contributed by atoms with Gasteiger partial charge in [-0.15, -0.1) is 0 Å². The molecule has 0 saturated carbocycles. The molecule has 2 heteroatoms. The third-order valence-corrected chi connectivity index (χ3v) is 2.94. The van der Waals surface area contributed by atoms with Crippen LogP contribution in [0.4, 0.5) is 0 Å². The molecule has 0 saturated heterocycles. The summed E-state index contributed by atoms with van der Waals surface area (Å²) in [6, 6.07) is 8.49. The zero-order chi connectivity index (χ0) is 11.4. The van der Waals surface area contributed by atoms with Crippen molar-refractivity contribution in [1.29, 1.82) is 0 Å². The predicted octanol–water partition coefficient (Wildman–Crippen LogP) is 2.82. The minimum absolute atomic E-state index is 0.768. The van der Waals surface area contributed by atoms with Gasteiger partial charge in [-0.25, -0.2) is 0 Å². The van der Waals surface area contributed by atoms with Crippen LogP contribution in [0.25, 0.3) is 10.8 Å². The molecule has 84 valence electrons. The molecule has 2 nitrogen and oxygen atoms in total. The Kier molecular flexibility index (Phi) is 3.52. The summed E-state index contributed by atoms with van der Waals surface area (Å²) in [6.07, 6.45) is 5.19. The third-order valence-electron chi connectivity index (χ3n) is 2.94. The lowest BCUT2D eigenvalue weighted by molar-refractivity contribution is 0.736. The summed E-state index contributed by atoms with van der Waals surface area (Å²) in [5.74, 6) is 0. The minimum atomic E-state index is 0.768. The maximum absolute atomic E-state index is 5.51. The summed E-state index contributed by atoms with van der Waals surface area (Å²) in [5, 5.41) is 2.61. The Morgan fingerprint density at radius 2 is 1.88 bits per heavy atom. The van der Waals surface area contributed by atoms with Gasteiger partial charge >= 0.3 is 0 Å². The molecule has 0 unspecified atom stereocenters. The van der Waals surface area contributed by atoms with Crippen LogP contribution in [-0.4, -0.2) is 11.5 Å². The molecule has 1 aromatic carbocycles. The number of fused-ring (bicyclic) bond motifs is 1. The van der Waals surface area contributed by atoms with Crippen LogP contribution in [0, 0.1) is 6.92 Å². The first-order chi connectivity index (χ1) is 7.83. The standard InChI is InChI=1S/C14H18N2/c1-11-10-16-14(8-4-5-9-15)13-7-3-2-6-12(11)13/h2-3,6-7,10H,4-5,8-9,15H2,1H3. The van der Waals surface area contributed by atoms with Crippen LogP contribution in [0.15, 0.2) is 30.5 Å². The van der Waals surface area contributed by atoms with E-state index in [1.807, 2.05) is 6.20 Å². The molecule has 0 amide bonds. The lowest BCUT2D eigenvalue weighted by Gasteiger charge is -2.07. The summed E-state index contributed by atoms with van der Waals surface area (Å²) >= 11 is 0. The smallest absolute Gasteiger partial charge is 0.0482 e. The molecule has 16 heavy (non-hydrogen) atoms. The highest BCUT2D eigenvalue weighted by molar-refractivity contribution is 5.87. The van der Waals surface area contributed by atoms with Crippen molar-refractivity contribution in [2.45, 2.75) is 26.2 Å². The van der Waals surface area contributed by atoms with Crippen molar-refractivity contribution in [3.63, 3.8) is 0 Å². The summed E-state index contributed by atoms with van der Waals surface area (Å²) in [6.45, 7) is 2.88. The van der Waals surface area contributed by atoms with E-state index in [1.165, 1.54) is 22.0 Å². The van der Waals surface area contributed by atoms with Crippen molar-refractivity contribution in [2.24, 2.45) is 5.73 Å². The number of nitrogens with zero attached hydrogens (tertiary/aromatic N) is 1. The molecule has 0 fully saturated rings. The van der Waals surface area contributed by atoms with Gasteiger partial charge in [-0.2, -0.15) is 0 Å². The topological polar surface area (TPSA) is 38.9 Å². The maximum atomic E-state index is 5.51. The van der Waals surface area contributed by atoms with Crippen molar-refractivity contribution in [3.8, 4) is 0 Å². The number of benzene rings is 1. The van der Waals surface area contributed by atoms with E-state index in [0.29, 0.717) is 0 Å². The SMILES string of the molecule is Cc1cnc(CCCCN)c2ccccc12. The normalized spacial score (nSPS) is 10.9. The van der Waals surface area contributed by atoms with E-state index in [0.717, 1.165) is 25.8 Å². The van der Waals surface area contributed by atoms with Gasteiger partial charge in [-0.1, -0.05) is 24.3 Å². The summed E-state index contributed by atoms with van der Waals surface area (Å²) in [5.41, 5.74) is 7.96. The molecular weight excluding hydrogens is 196 g/mol. The Labute approximate surface area is 96.5 Å². The monoisotopic (exact) mass is 214 g/mol. The fourth-order valence-electron chi connectivity index (χ4n) is 2.03. The number of aromatic nitrogens is 1. The molecule has 1 heterocycles. The van der Waals surface area contributed by atoms with E-state index in [1.54, 1.807) is 0 Å². The number of rotatable bonds is 4. The van der Waals surface area contributed by atoms with Gasteiger partial charge in [0.25, 0.3) is 0 Å². The second-order valence-electron chi connectivity index (χ2n) is 4.18. The Morgan fingerprint density at radius 3 is 2.62 bits per heavy atom. The van der Waals surface area contributed by atoms with Gasteiger partial charge in [0.15, 0.2) is 0 Å². The molecule has 2 rings (SSSR count). The molecule has 1 aromatic heterocycles. The lowest BCUT2D eigenvalue weighted by Crippen LogP contribution is -2.00. The van der Waals surface area contributed by atoms with Gasteiger partial charge in [0.2, 0.25) is 0 Å². The second-order valence-corrected chi connectivity index (χ2v) is 4.18. The molecule has 0 bridgehead atoms. The van der Waals surface area contributed by atoms with Crippen molar-refractivity contribution in [1.82, 2.24) is 4.98 Å². The molecule has 0 aliphatic carbocycles. The highest BCUT2D eigenvalue weighted by Crippen LogP contribution is 2.21. The van der Waals surface area contributed by atoms with Crippen LogP contribution < -0.4 is 5.73 Å². The Hall–Kier alpha value is -1.41. The largest absolute Gasteiger partial charge is 0.330 e. The number of hydrogen-bond acceptors (Lipinski definition) is 2. The number of unbranched alkanes of at least 4 members (excludes halogenated alkanes) is 1. The summed E-state index contributed by atoms with van der Waals surface area (Å²) in [7, 11) is 0. The lowest BCUT2D eigenvalue weighted by atomic mass is 10.0. The van der Waals surface area contributed by atoms with Gasteiger partial charge in [0.05, 0.1) is 0 Å². The first-order valence-corrected chi connectivity index (χ1v) is 5.86. The molecule has 0 aliphatic heterocycles. The highest BCUT2D eigenvalue weighted by Gasteiger charge is 2.03. The van der Waals surface area contributed by atoms with Gasteiger partial charge in [-0.3, -0.25) is 4.98 Å². The molecule has 2 N–H and O–H groups in total. The van der Waals surface area contributed by atoms with Crippen molar-refractivity contribution >= 4 is 10.8 Å². The zero-order valence-corrected chi connectivity index (χ0v) is 9.74. The van der Waals surface area contributed by atoms with Crippen LogP contribution >= 0.6 is 0 Å². The maximum Gasteiger partial charge on any atom is 0.0482 e. The summed E-state index contributed by atoms with van der Waals surface area (Å²) < 4.78 is 0. The third kappa shape index (κ3) is 2.22. The molecule has 2 aromatic rings. The van der Waals surface area contributed by atoms with Gasteiger partial charge in [-0.05, 0) is 43.7 Å². The fraction of sp³-hybridized carbons (Fsp3) is 0.357. The van der Waals surface area contributed by atoms with Crippen LogP contribution in [0.2, 0.25) is 0 Å². The number of nitrogens with two attached hydrogens (primary N) is 1. The molecule has 0 atom stereocenters. The highest BCUT2D eigenvalue weighted by atomic mass is 14.7. The average molecular weight is 214 g/mol. The second kappa shape index (κ2) is 5.08. The Morgan fingerprint density at radius 1 is 1.12 bits per heavy atom. The fourth-order valence-corrected chi connectivity index (χ4v) is 2.03. The minimum Gasteiger partial charge on any atom is -0.330 e. The van der Waals surface area contributed by atoms with Gasteiger partial charge < -0.3 is 5.73 Å². The molecule has 0 aliphatic rings. The van der Waals surface area contributed by atoms with Crippen LogP contribution in [0.5, 0.6) is 0 Å². The van der Waals surface area contributed by atoms with Crippen LogP contribution in [0.1, 0.15) is 24.1 Å². The first kappa shape index (κ1) is 11.1. The van der Waals surface area contributed by atoms with Crippen molar-refractivity contribution in [2.75, 3.05) is 6.54 Å². The number of aryl methyl sites for hydroxylation is 2. The van der Waals surface area contributed by atoms with Gasteiger partial charge in [0, 0.05) is 17.3 Å². The predicted molar refractivity (Wildman–Crippen MR) is 68.5 cm³/mol. The first-order valence-electron chi connectivity index (χ1n) is 5.86. The Balaban J connectivity index is 2.35. The molecular formula is C14H18N2. The number of pyridine rings is 1. The molecule has 0 spiro atoms. The van der Waals surface area contributed by atoms with E-state index in [2.05, 4.69) is 36.2 Å². The number of hydrogen-bond donors (Lipinski definition) is 1. The van der Waals surface area contributed by atoms with Crippen molar-refractivity contribution < 1.29 is 0 Å². The zero-order valence-electron chi connectivity index (χ0n) is 9.74. The quantitative estimate of drug-likeness (QED) is 0.795. The summed E-state index contributed by atoms with van der Waals surface area (Å²) in [4.78, 5) is 4.54. The van der Waals surface area contributed by atoms with Crippen molar-refractivity contribution in [3.05, 3.63) is 41.7 Å². The van der Waals surface area contributed by atoms with Crippen LogP contribution in [0.3, 0.4) is 0 Å². The van der Waals surface area contributed by atoms with E-state index < -0.39 is 0 Å². The van der Waals surface area contributed by atoms with Gasteiger partial charge in [0.1, 0.15) is 0 Å². The average Bonchev–Trinajstić information content (AvgIpc) is 2.33. The van der Waals surface area contributed by atoms with Crippen LogP contribution in [-0.2, 0) is 6.42 Å². The Bertz CT molecular complexity index is 477. The van der Waals surface area contributed by atoms with E-state index >= 15 is 0 Å². The van der Waals surface area contributed by atoms with E-state index in [4.69, 9.17) is 5.73 Å². The molecule has 0 radical (unpaired) electrons. The van der Waals surface area contributed by atoms with E-state index in [-0.39, 0.29) is 0 Å². The van der Waals surface area contributed by atoms with E-state index in [9.17, 15) is 0 Å².